The Hall–Kier alpha value is -2.76. The number of carbonyl (C=O) groups is 2. The van der Waals surface area contributed by atoms with E-state index in [4.69, 9.17) is 19.5 Å². The highest BCUT2D eigenvalue weighted by atomic mass is 32.2. The molecule has 1 aromatic carbocycles. The molecule has 0 bridgehead atoms. The maximum Gasteiger partial charge on any atom is 0.251 e. The van der Waals surface area contributed by atoms with Gasteiger partial charge in [-0.1, -0.05) is 38.7 Å². The van der Waals surface area contributed by atoms with Crippen LogP contribution in [0.3, 0.4) is 0 Å². The molecule has 0 saturated carbocycles. The summed E-state index contributed by atoms with van der Waals surface area (Å²) in [5, 5.41) is 19.9. The molecule has 0 aliphatic rings. The molecule has 10 heteroatoms. The average Bonchev–Trinajstić information content (AvgIpc) is 2.87. The molecule has 0 saturated heterocycles. The van der Waals surface area contributed by atoms with E-state index in [2.05, 4.69) is 41.6 Å². The van der Waals surface area contributed by atoms with Gasteiger partial charge < -0.3 is 30.2 Å². The highest BCUT2D eigenvalue weighted by Gasteiger charge is 2.13. The van der Waals surface area contributed by atoms with Crippen LogP contribution in [0.15, 0.2) is 24.3 Å². The summed E-state index contributed by atoms with van der Waals surface area (Å²) < 4.78 is 16.7. The quantitative estimate of drug-likeness (QED) is 0.125. The van der Waals surface area contributed by atoms with Crippen LogP contribution in [0.4, 0.5) is 0 Å². The highest BCUT2D eigenvalue weighted by molar-refractivity contribution is 8.04. The first kappa shape index (κ1) is 31.3. The monoisotopic (exact) mass is 518 g/mol. The predicted octanol–water partition coefficient (Wildman–Crippen LogP) is 2.53. The number of amides is 2. The lowest BCUT2D eigenvalue weighted by Crippen LogP contribution is -2.35. The SMILES string of the molecule is CCC(C)NCCNC(=O)c1cccc(OC[C@@H](OCCOCC(=O)NCC#CC(C)C)SC#N)c1. The predicted molar refractivity (Wildman–Crippen MR) is 141 cm³/mol. The van der Waals surface area contributed by atoms with Gasteiger partial charge in [0, 0.05) is 30.6 Å². The number of nitrogens with one attached hydrogen (secondary N) is 3. The van der Waals surface area contributed by atoms with Gasteiger partial charge in [0.15, 0.2) is 5.44 Å². The van der Waals surface area contributed by atoms with E-state index in [-0.39, 0.29) is 50.7 Å². The summed E-state index contributed by atoms with van der Waals surface area (Å²) in [7, 11) is 0. The number of thiocyanates is 1. The minimum Gasteiger partial charge on any atom is -0.490 e. The van der Waals surface area contributed by atoms with Gasteiger partial charge in [-0.05, 0) is 43.3 Å². The minimum atomic E-state index is -0.553. The minimum absolute atomic E-state index is 0.0954. The molecule has 2 amide bonds. The Morgan fingerprint density at radius 3 is 2.67 bits per heavy atom. The van der Waals surface area contributed by atoms with Gasteiger partial charge in [0.05, 0.1) is 19.8 Å². The molecule has 0 aliphatic carbocycles. The molecule has 0 aliphatic heterocycles. The van der Waals surface area contributed by atoms with Crippen molar-refractivity contribution in [3.8, 4) is 23.0 Å². The molecule has 2 atom stereocenters. The van der Waals surface area contributed by atoms with E-state index in [1.807, 2.05) is 19.2 Å². The smallest absolute Gasteiger partial charge is 0.251 e. The normalized spacial score (nSPS) is 12.1. The second kappa shape index (κ2) is 19.4. The van der Waals surface area contributed by atoms with Gasteiger partial charge in [-0.3, -0.25) is 9.59 Å². The van der Waals surface area contributed by atoms with Gasteiger partial charge in [-0.25, -0.2) is 0 Å². The van der Waals surface area contributed by atoms with E-state index in [0.717, 1.165) is 18.2 Å². The zero-order chi connectivity index (χ0) is 26.6. The lowest BCUT2D eigenvalue weighted by Gasteiger charge is -2.16. The zero-order valence-corrected chi connectivity index (χ0v) is 22.4. The second-order valence-corrected chi connectivity index (χ2v) is 9.12. The number of carbonyl (C=O) groups excluding carboxylic acids is 2. The van der Waals surface area contributed by atoms with E-state index in [9.17, 15) is 9.59 Å². The van der Waals surface area contributed by atoms with Crippen LogP contribution < -0.4 is 20.7 Å². The van der Waals surface area contributed by atoms with E-state index in [1.54, 1.807) is 24.3 Å². The van der Waals surface area contributed by atoms with Gasteiger partial charge in [0.25, 0.3) is 5.91 Å². The van der Waals surface area contributed by atoms with Crippen molar-refractivity contribution in [2.45, 2.75) is 45.6 Å². The van der Waals surface area contributed by atoms with E-state index in [1.165, 1.54) is 0 Å². The van der Waals surface area contributed by atoms with Gasteiger partial charge in [-0.15, -0.1) is 0 Å². The molecular formula is C26H38N4O5S. The Balaban J connectivity index is 2.35. The Morgan fingerprint density at radius 2 is 1.94 bits per heavy atom. The van der Waals surface area contributed by atoms with Crippen LogP contribution in [0.1, 0.15) is 44.5 Å². The molecule has 1 rings (SSSR count). The lowest BCUT2D eigenvalue weighted by molar-refractivity contribution is -0.126. The van der Waals surface area contributed by atoms with E-state index in [0.29, 0.717) is 30.4 Å². The van der Waals surface area contributed by atoms with Gasteiger partial charge in [0.2, 0.25) is 5.91 Å². The van der Waals surface area contributed by atoms with E-state index >= 15 is 0 Å². The first-order chi connectivity index (χ1) is 17.3. The van der Waals surface area contributed by atoms with Crippen LogP contribution in [0.25, 0.3) is 0 Å². The standard InChI is InChI=1S/C26H38N4O5S/c1-5-21(4)28-12-13-30-26(32)22-9-6-10-23(16-22)35-18-25(36-19-27)34-15-14-33-17-24(31)29-11-7-8-20(2)3/h6,9-10,16,20-21,25,28H,5,11-15,17-18H2,1-4H3,(H,29,31)(H,30,32)/t21?,25-/m0/s1. The molecule has 0 fully saturated rings. The third kappa shape index (κ3) is 15.3. The molecule has 1 unspecified atom stereocenters. The Morgan fingerprint density at radius 1 is 1.14 bits per heavy atom. The van der Waals surface area contributed by atoms with Gasteiger partial charge >= 0.3 is 0 Å². The Labute approximate surface area is 219 Å². The first-order valence-electron chi connectivity index (χ1n) is 12.1. The van der Waals surface area contributed by atoms with Crippen molar-refractivity contribution in [2.75, 3.05) is 46.1 Å². The maximum absolute atomic E-state index is 12.4. The van der Waals surface area contributed by atoms with Crippen LogP contribution in [0, 0.1) is 28.4 Å². The lowest BCUT2D eigenvalue weighted by atomic mass is 10.2. The number of ether oxygens (including phenoxy) is 3. The van der Waals surface area contributed by atoms with Crippen molar-refractivity contribution in [3.63, 3.8) is 0 Å². The summed E-state index contributed by atoms with van der Waals surface area (Å²) >= 11 is 0.926. The molecular weight excluding hydrogens is 480 g/mol. The zero-order valence-electron chi connectivity index (χ0n) is 21.6. The van der Waals surface area contributed by atoms with Crippen LogP contribution in [0.5, 0.6) is 5.75 Å². The van der Waals surface area contributed by atoms with Gasteiger partial charge in [-0.2, -0.15) is 5.26 Å². The van der Waals surface area contributed by atoms with Crippen LogP contribution in [-0.4, -0.2) is 69.4 Å². The fourth-order valence-corrected chi connectivity index (χ4v) is 3.08. The molecule has 198 valence electrons. The van der Waals surface area contributed by atoms with Crippen molar-refractivity contribution >= 4 is 23.6 Å². The van der Waals surface area contributed by atoms with Crippen molar-refractivity contribution in [3.05, 3.63) is 29.8 Å². The third-order valence-electron chi connectivity index (χ3n) is 4.71. The molecule has 36 heavy (non-hydrogen) atoms. The average molecular weight is 519 g/mol. The fourth-order valence-electron chi connectivity index (χ4n) is 2.66. The molecule has 0 heterocycles. The molecule has 3 N–H and O–H groups in total. The van der Waals surface area contributed by atoms with Crippen molar-refractivity contribution in [1.29, 1.82) is 5.26 Å². The summed E-state index contributed by atoms with van der Waals surface area (Å²) in [6.07, 6.45) is 1.03. The van der Waals surface area contributed by atoms with Gasteiger partial charge in [0.1, 0.15) is 24.4 Å². The topological polar surface area (TPSA) is 122 Å². The molecule has 0 radical (unpaired) electrons. The Bertz CT molecular complexity index is 894. The number of hydrogen-bond donors (Lipinski definition) is 3. The molecule has 1 aromatic rings. The molecule has 0 spiro atoms. The van der Waals surface area contributed by atoms with Crippen LogP contribution >= 0.6 is 11.8 Å². The largest absolute Gasteiger partial charge is 0.490 e. The number of benzene rings is 1. The third-order valence-corrected chi connectivity index (χ3v) is 5.35. The summed E-state index contributed by atoms with van der Waals surface area (Å²) in [5.41, 5.74) is -0.0637. The van der Waals surface area contributed by atoms with Crippen molar-refractivity contribution in [2.24, 2.45) is 5.92 Å². The number of thioether (sulfide) groups is 1. The number of nitrogens with zero attached hydrogens (tertiary/aromatic N) is 1. The number of hydrogen-bond acceptors (Lipinski definition) is 8. The fraction of sp³-hybridized carbons (Fsp3) is 0.577. The second-order valence-electron chi connectivity index (χ2n) is 8.17. The molecule has 9 nitrogen and oxygen atoms in total. The number of rotatable bonds is 17. The highest BCUT2D eigenvalue weighted by Crippen LogP contribution is 2.17. The van der Waals surface area contributed by atoms with Crippen LogP contribution in [0.2, 0.25) is 0 Å². The first-order valence-corrected chi connectivity index (χ1v) is 13.0. The summed E-state index contributed by atoms with van der Waals surface area (Å²) in [5.74, 6) is 6.15. The van der Waals surface area contributed by atoms with Crippen molar-refractivity contribution < 1.29 is 23.8 Å². The Kier molecular flexibility index (Phi) is 16.9. The van der Waals surface area contributed by atoms with Crippen LogP contribution in [-0.2, 0) is 14.3 Å². The molecule has 0 aromatic heterocycles. The summed E-state index contributed by atoms with van der Waals surface area (Å²) in [6.45, 7) is 10.1. The number of nitriles is 1. The summed E-state index contributed by atoms with van der Waals surface area (Å²) in [4.78, 5) is 24.1. The van der Waals surface area contributed by atoms with E-state index < -0.39 is 5.44 Å². The summed E-state index contributed by atoms with van der Waals surface area (Å²) in [6, 6.07) is 7.25. The van der Waals surface area contributed by atoms with Crippen molar-refractivity contribution in [1.82, 2.24) is 16.0 Å². The maximum atomic E-state index is 12.4.